The van der Waals surface area contributed by atoms with E-state index < -0.39 is 0 Å². The van der Waals surface area contributed by atoms with E-state index >= 15 is 0 Å². The molecule has 2 atom stereocenters. The van der Waals surface area contributed by atoms with Gasteiger partial charge in [-0.1, -0.05) is 22.9 Å². The van der Waals surface area contributed by atoms with Gasteiger partial charge in [-0.05, 0) is 42.5 Å². The number of thioether (sulfide) groups is 1. The molecule has 1 heterocycles. The Morgan fingerprint density at radius 2 is 2.19 bits per heavy atom. The summed E-state index contributed by atoms with van der Waals surface area (Å²) in [7, 11) is 0. The zero-order valence-corrected chi connectivity index (χ0v) is 11.8. The first-order valence-electron chi connectivity index (χ1n) is 5.92. The molecule has 0 radical (unpaired) electrons. The van der Waals surface area contributed by atoms with Crippen LogP contribution in [0.1, 0.15) is 31.4 Å². The highest BCUT2D eigenvalue weighted by Gasteiger charge is 2.32. The van der Waals surface area contributed by atoms with Gasteiger partial charge >= 0.3 is 0 Å². The highest BCUT2D eigenvalue weighted by molar-refractivity contribution is 9.10. The summed E-state index contributed by atoms with van der Waals surface area (Å²) in [4.78, 5) is 1.46. The van der Waals surface area contributed by atoms with Gasteiger partial charge < -0.3 is 5.32 Å². The number of nitrogens with one attached hydrogen (secondary N) is 1. The molecule has 0 saturated heterocycles. The topological polar surface area (TPSA) is 12.0 Å². The maximum Gasteiger partial charge on any atom is 0.0367 e. The Bertz CT molecular complexity index is 403. The molecule has 0 aromatic heterocycles. The smallest absolute Gasteiger partial charge is 0.0367 e. The van der Waals surface area contributed by atoms with Gasteiger partial charge in [0.1, 0.15) is 0 Å². The Morgan fingerprint density at radius 1 is 1.38 bits per heavy atom. The predicted molar refractivity (Wildman–Crippen MR) is 72.9 cm³/mol. The van der Waals surface area contributed by atoms with Crippen LogP contribution in [0.4, 0.5) is 0 Å². The second-order valence-electron chi connectivity index (χ2n) is 4.89. The van der Waals surface area contributed by atoms with Crippen molar-refractivity contribution in [3.05, 3.63) is 28.2 Å². The number of halogens is 1. The summed E-state index contributed by atoms with van der Waals surface area (Å²) < 4.78 is 1.20. The highest BCUT2D eigenvalue weighted by Crippen LogP contribution is 2.42. The quantitative estimate of drug-likeness (QED) is 0.886. The molecular formula is C13H16BrNS. The number of hydrogen-bond donors (Lipinski definition) is 1. The van der Waals surface area contributed by atoms with Crippen LogP contribution >= 0.6 is 27.7 Å². The van der Waals surface area contributed by atoms with E-state index in [1.54, 1.807) is 0 Å². The maximum atomic E-state index is 3.79. The van der Waals surface area contributed by atoms with Crippen molar-refractivity contribution >= 4 is 27.7 Å². The van der Waals surface area contributed by atoms with Crippen LogP contribution < -0.4 is 5.32 Å². The molecule has 1 aliphatic heterocycles. The lowest BCUT2D eigenvalue weighted by molar-refractivity contribution is 0.403. The van der Waals surface area contributed by atoms with Crippen LogP contribution in [-0.4, -0.2) is 11.8 Å². The molecule has 1 aliphatic carbocycles. The normalized spacial score (nSPS) is 28.9. The van der Waals surface area contributed by atoms with Gasteiger partial charge in [-0.2, -0.15) is 0 Å². The van der Waals surface area contributed by atoms with Gasteiger partial charge in [0.05, 0.1) is 0 Å². The summed E-state index contributed by atoms with van der Waals surface area (Å²) in [6, 6.07) is 8.02. The molecule has 1 aromatic carbocycles. The Labute approximate surface area is 110 Å². The minimum Gasteiger partial charge on any atom is -0.307 e. The molecule has 2 aliphatic rings. The molecule has 2 unspecified atom stereocenters. The SMILES string of the molecule is CC1CSc2ccc(Br)cc2C1NC1CC1. The fourth-order valence-corrected chi connectivity index (χ4v) is 3.81. The summed E-state index contributed by atoms with van der Waals surface area (Å²) in [5.74, 6) is 1.96. The van der Waals surface area contributed by atoms with Crippen LogP contribution in [0.15, 0.2) is 27.6 Å². The van der Waals surface area contributed by atoms with Crippen LogP contribution in [0.2, 0.25) is 0 Å². The van der Waals surface area contributed by atoms with Gasteiger partial charge in [0.2, 0.25) is 0 Å². The highest BCUT2D eigenvalue weighted by atomic mass is 79.9. The summed E-state index contributed by atoms with van der Waals surface area (Å²) >= 11 is 5.58. The first-order valence-corrected chi connectivity index (χ1v) is 7.70. The molecule has 0 spiro atoms. The zero-order valence-electron chi connectivity index (χ0n) is 9.37. The fourth-order valence-electron chi connectivity index (χ4n) is 2.28. The third kappa shape index (κ3) is 2.18. The van der Waals surface area contributed by atoms with Crippen LogP contribution in [0.3, 0.4) is 0 Å². The van der Waals surface area contributed by atoms with Gasteiger partial charge in [0, 0.05) is 27.2 Å². The summed E-state index contributed by atoms with van der Waals surface area (Å²) in [5.41, 5.74) is 1.49. The maximum absolute atomic E-state index is 3.79. The minimum absolute atomic E-state index is 0.557. The molecule has 0 bridgehead atoms. The number of rotatable bonds is 2. The monoisotopic (exact) mass is 297 g/mol. The third-order valence-corrected chi connectivity index (χ3v) is 5.24. The second-order valence-corrected chi connectivity index (χ2v) is 6.87. The molecule has 1 saturated carbocycles. The van der Waals surface area contributed by atoms with E-state index in [1.807, 2.05) is 11.8 Å². The van der Waals surface area contributed by atoms with Gasteiger partial charge in [-0.3, -0.25) is 0 Å². The molecular weight excluding hydrogens is 282 g/mol. The Hall–Kier alpha value is 0.01000. The van der Waals surface area contributed by atoms with Crippen molar-refractivity contribution in [1.82, 2.24) is 5.32 Å². The Kier molecular flexibility index (Phi) is 3.03. The number of hydrogen-bond acceptors (Lipinski definition) is 2. The lowest BCUT2D eigenvalue weighted by Crippen LogP contribution is -2.32. The molecule has 1 aromatic rings. The zero-order chi connectivity index (χ0) is 11.1. The molecule has 86 valence electrons. The molecule has 16 heavy (non-hydrogen) atoms. The standard InChI is InChI=1S/C13H16BrNS/c1-8-7-16-12-5-2-9(14)6-11(12)13(8)15-10-3-4-10/h2,5-6,8,10,13,15H,3-4,7H2,1H3. The average molecular weight is 298 g/mol. The number of fused-ring (bicyclic) bond motifs is 1. The minimum atomic E-state index is 0.557. The molecule has 1 nitrogen and oxygen atoms in total. The second kappa shape index (κ2) is 4.35. The van der Waals surface area contributed by atoms with E-state index in [0.717, 1.165) is 12.0 Å². The van der Waals surface area contributed by atoms with E-state index in [2.05, 4.69) is 46.4 Å². The van der Waals surface area contributed by atoms with Crippen molar-refractivity contribution in [2.75, 3.05) is 5.75 Å². The predicted octanol–water partition coefficient (Wildman–Crippen LogP) is 3.98. The average Bonchev–Trinajstić information content (AvgIpc) is 3.06. The van der Waals surface area contributed by atoms with Crippen LogP contribution in [-0.2, 0) is 0 Å². The van der Waals surface area contributed by atoms with Gasteiger partial charge in [0.15, 0.2) is 0 Å². The van der Waals surface area contributed by atoms with E-state index in [-0.39, 0.29) is 0 Å². The van der Waals surface area contributed by atoms with Crippen LogP contribution in [0.25, 0.3) is 0 Å². The van der Waals surface area contributed by atoms with Gasteiger partial charge in [0.25, 0.3) is 0 Å². The lowest BCUT2D eigenvalue weighted by atomic mass is 9.95. The molecule has 1 N–H and O–H groups in total. The van der Waals surface area contributed by atoms with Gasteiger partial charge in [-0.25, -0.2) is 0 Å². The van der Waals surface area contributed by atoms with E-state index in [1.165, 1.54) is 33.5 Å². The van der Waals surface area contributed by atoms with E-state index in [0.29, 0.717) is 6.04 Å². The van der Waals surface area contributed by atoms with Crippen molar-refractivity contribution in [3.8, 4) is 0 Å². The Balaban J connectivity index is 1.93. The lowest BCUT2D eigenvalue weighted by Gasteiger charge is -2.32. The van der Waals surface area contributed by atoms with Crippen molar-refractivity contribution in [3.63, 3.8) is 0 Å². The van der Waals surface area contributed by atoms with Gasteiger partial charge in [-0.15, -0.1) is 11.8 Å². The van der Waals surface area contributed by atoms with Crippen molar-refractivity contribution in [2.45, 2.75) is 36.7 Å². The first kappa shape index (κ1) is 11.1. The summed E-state index contributed by atoms with van der Waals surface area (Å²) in [6.45, 7) is 2.36. The molecule has 3 heteroatoms. The first-order chi connectivity index (χ1) is 7.74. The van der Waals surface area contributed by atoms with Crippen molar-refractivity contribution in [1.29, 1.82) is 0 Å². The van der Waals surface area contributed by atoms with Crippen LogP contribution in [0, 0.1) is 5.92 Å². The largest absolute Gasteiger partial charge is 0.307 e. The molecule has 0 amide bonds. The summed E-state index contributed by atoms with van der Waals surface area (Å²) in [6.07, 6.45) is 2.72. The fraction of sp³-hybridized carbons (Fsp3) is 0.538. The van der Waals surface area contributed by atoms with Crippen molar-refractivity contribution in [2.24, 2.45) is 5.92 Å². The van der Waals surface area contributed by atoms with E-state index in [4.69, 9.17) is 0 Å². The molecule has 3 rings (SSSR count). The Morgan fingerprint density at radius 3 is 2.94 bits per heavy atom. The third-order valence-electron chi connectivity index (χ3n) is 3.37. The van der Waals surface area contributed by atoms with Crippen LogP contribution in [0.5, 0.6) is 0 Å². The van der Waals surface area contributed by atoms with E-state index in [9.17, 15) is 0 Å². The number of benzene rings is 1. The molecule has 1 fully saturated rings. The summed E-state index contributed by atoms with van der Waals surface area (Å²) in [5, 5.41) is 3.79. The van der Waals surface area contributed by atoms with Crippen molar-refractivity contribution < 1.29 is 0 Å².